The number of alkyl halides is 1. The van der Waals surface area contributed by atoms with E-state index >= 15 is 0 Å². The van der Waals surface area contributed by atoms with Gasteiger partial charge in [0.15, 0.2) is 11.4 Å². The zero-order valence-electron chi connectivity index (χ0n) is 22.2. The number of amides is 2. The van der Waals surface area contributed by atoms with Crippen LogP contribution in [0.2, 0.25) is 0 Å². The monoisotopic (exact) mass is 544 g/mol. The van der Waals surface area contributed by atoms with Gasteiger partial charge in [-0.15, -0.1) is 0 Å². The molecule has 1 fully saturated rings. The topological polar surface area (TPSA) is 168 Å². The van der Waals surface area contributed by atoms with Crippen LogP contribution >= 0.6 is 0 Å². The predicted molar refractivity (Wildman–Crippen MR) is 138 cm³/mol. The van der Waals surface area contributed by atoms with Crippen LogP contribution in [0.5, 0.6) is 5.75 Å². The lowest BCUT2D eigenvalue weighted by atomic mass is 9.59. The fourth-order valence-electron chi connectivity index (χ4n) is 6.71. The summed E-state index contributed by atoms with van der Waals surface area (Å²) >= 11 is 0. The summed E-state index contributed by atoms with van der Waals surface area (Å²) in [5.41, 5.74) is 4.29. The number of phenolic OH excluding ortho intramolecular Hbond substituents is 1. The summed E-state index contributed by atoms with van der Waals surface area (Å²) < 4.78 is 13.4. The van der Waals surface area contributed by atoms with Gasteiger partial charge in [-0.2, -0.15) is 0 Å². The number of nitrogens with zero attached hydrogens (tertiary/aromatic N) is 3. The maximum atomic E-state index is 13.4. The number of ketones is 1. The number of rotatable bonds is 4. The number of anilines is 1. The quantitative estimate of drug-likeness (QED) is 0.336. The van der Waals surface area contributed by atoms with E-state index in [4.69, 9.17) is 5.73 Å². The average molecular weight is 545 g/mol. The first-order chi connectivity index (χ1) is 18.2. The molecule has 1 aromatic carbocycles. The van der Waals surface area contributed by atoms with Crippen molar-refractivity contribution in [1.82, 2.24) is 9.80 Å². The first-order valence-corrected chi connectivity index (χ1v) is 12.8. The van der Waals surface area contributed by atoms with Gasteiger partial charge >= 0.3 is 0 Å². The van der Waals surface area contributed by atoms with E-state index in [1.54, 1.807) is 39.2 Å². The molecule has 0 unspecified atom stereocenters. The molecule has 6 N–H and O–H groups in total. The molecule has 11 nitrogen and oxygen atoms in total. The normalized spacial score (nSPS) is 28.6. The maximum Gasteiger partial charge on any atom is 0.257 e. The van der Waals surface area contributed by atoms with Crippen molar-refractivity contribution in [3.63, 3.8) is 0 Å². The number of nitrogens with two attached hydrogens (primary N) is 1. The summed E-state index contributed by atoms with van der Waals surface area (Å²) in [5, 5.41) is 45.5. The summed E-state index contributed by atoms with van der Waals surface area (Å²) in [4.78, 5) is 43.0. The molecule has 0 radical (unpaired) electrons. The number of benzene rings is 1. The Balaban J connectivity index is 1.67. The lowest BCUT2D eigenvalue weighted by molar-refractivity contribution is -0.136. The van der Waals surface area contributed by atoms with E-state index in [0.717, 1.165) is 5.56 Å². The van der Waals surface area contributed by atoms with Crippen LogP contribution in [0, 0.1) is 11.8 Å². The molecule has 1 aliphatic heterocycles. The van der Waals surface area contributed by atoms with Crippen LogP contribution in [0.3, 0.4) is 0 Å². The van der Waals surface area contributed by atoms with E-state index in [-0.39, 0.29) is 43.2 Å². The van der Waals surface area contributed by atoms with Crippen LogP contribution in [0.15, 0.2) is 28.7 Å². The maximum absolute atomic E-state index is 13.4. The van der Waals surface area contributed by atoms with Crippen LogP contribution in [0.25, 0.3) is 0 Å². The Morgan fingerprint density at radius 3 is 2.28 bits per heavy atom. The first kappa shape index (κ1) is 26.9. The summed E-state index contributed by atoms with van der Waals surface area (Å²) in [6.07, 6.45) is -0.672. The zero-order chi connectivity index (χ0) is 28.7. The fourth-order valence-corrected chi connectivity index (χ4v) is 6.71. The highest BCUT2D eigenvalue weighted by Gasteiger charge is 2.61. The molecule has 0 spiro atoms. The molecule has 5 rings (SSSR count). The van der Waals surface area contributed by atoms with Gasteiger partial charge in [-0.25, -0.2) is 4.39 Å². The van der Waals surface area contributed by atoms with E-state index in [9.17, 15) is 39.2 Å². The van der Waals surface area contributed by atoms with Crippen LogP contribution in [-0.4, -0.2) is 107 Å². The minimum atomic E-state index is -2.45. The number of carbonyl (C=O) groups excluding carboxylic acids is 3. The number of primary amides is 1. The number of hydrogen-bond acceptors (Lipinski definition) is 9. The molecule has 4 aliphatic rings. The number of likely N-dealkylation sites (N-methyl/N-ethyl adjacent to an activating group) is 1. The third-order valence-corrected chi connectivity index (χ3v) is 8.68. The van der Waals surface area contributed by atoms with E-state index in [2.05, 4.69) is 0 Å². The van der Waals surface area contributed by atoms with E-state index < -0.39 is 58.4 Å². The minimum absolute atomic E-state index is 0.00461. The summed E-state index contributed by atoms with van der Waals surface area (Å²) in [5.74, 6) is -5.71. The number of carbonyl (C=O) groups is 3. The smallest absolute Gasteiger partial charge is 0.257 e. The molecule has 12 heteroatoms. The van der Waals surface area contributed by atoms with Gasteiger partial charge in [-0.3, -0.25) is 19.3 Å². The lowest BCUT2D eigenvalue weighted by Gasteiger charge is -2.51. The molecule has 3 aliphatic carbocycles. The second-order valence-corrected chi connectivity index (χ2v) is 11.4. The van der Waals surface area contributed by atoms with Crippen molar-refractivity contribution in [3.8, 4) is 5.75 Å². The Hall–Kier alpha value is -3.64. The first-order valence-electron chi connectivity index (χ1n) is 12.8. The van der Waals surface area contributed by atoms with Crippen LogP contribution < -0.4 is 10.6 Å². The number of phenols is 1. The van der Waals surface area contributed by atoms with Gasteiger partial charge < -0.3 is 36.0 Å². The molecule has 1 saturated heterocycles. The van der Waals surface area contributed by atoms with Gasteiger partial charge in [-0.1, -0.05) is 0 Å². The van der Waals surface area contributed by atoms with Gasteiger partial charge in [-0.05, 0) is 50.1 Å². The number of allylic oxidation sites excluding steroid dienone is 1. The number of Topliss-reactive ketones (excluding diaryl/α,β-unsaturated/α-hetero) is 1. The zero-order valence-corrected chi connectivity index (χ0v) is 22.2. The largest absolute Gasteiger partial charge is 0.509 e. The fraction of sp³-hybridized carbons (Fsp3) is 0.519. The number of hydrogen-bond donors (Lipinski definition) is 5. The number of likely N-dealkylation sites (tertiary alicyclic amines) is 1. The highest BCUT2D eigenvalue weighted by Crippen LogP contribution is 2.54. The van der Waals surface area contributed by atoms with E-state index in [1.807, 2.05) is 0 Å². The Morgan fingerprint density at radius 1 is 1.10 bits per heavy atom. The molecule has 0 aromatic heterocycles. The van der Waals surface area contributed by atoms with Crippen LogP contribution in [0.4, 0.5) is 10.1 Å². The summed E-state index contributed by atoms with van der Waals surface area (Å²) in [6, 6.07) is 0.534. The number of aromatic hydroxyl groups is 1. The Morgan fingerprint density at radius 2 is 1.74 bits per heavy atom. The second kappa shape index (κ2) is 8.95. The Labute approximate surface area is 224 Å². The third-order valence-electron chi connectivity index (χ3n) is 8.68. The molecule has 4 atom stereocenters. The Kier molecular flexibility index (Phi) is 6.18. The number of halogens is 1. The number of aliphatic hydroxyl groups excluding tert-OH is 2. The Bertz CT molecular complexity index is 1360. The number of fused-ring (bicyclic) bond motifs is 3. The molecular formula is C27H33FN4O7. The van der Waals surface area contributed by atoms with Crippen molar-refractivity contribution in [1.29, 1.82) is 0 Å². The van der Waals surface area contributed by atoms with E-state index in [0.29, 0.717) is 23.2 Å². The highest BCUT2D eigenvalue weighted by atomic mass is 19.1. The third kappa shape index (κ3) is 3.72. The summed E-state index contributed by atoms with van der Waals surface area (Å²) in [6.45, 7) is -0.122. The molecule has 1 aromatic rings. The molecule has 0 saturated carbocycles. The molecule has 0 bridgehead atoms. The second-order valence-electron chi connectivity index (χ2n) is 11.4. The standard InChI is InChI=1S/C27H33FN4O7/c1-30(2)18-8-16(26(38)32-9-12(28)10-32)21(33)15-7-13-11(5-14(15)18)6-17-20(31(3)4)22(34)19(25(29)37)24(36)27(17,39)23(13)35/h8,11-12,17,20,33,35-36,39H,5-7,9-10H2,1-4H3,(H2,29,37)/t11-,17-,20-,27-/m0/s1. The van der Waals surface area contributed by atoms with Crippen molar-refractivity contribution in [2.45, 2.75) is 37.1 Å². The van der Waals surface area contributed by atoms with Crippen LogP contribution in [-0.2, 0) is 22.4 Å². The van der Waals surface area contributed by atoms with E-state index in [1.165, 1.54) is 9.80 Å². The predicted octanol–water partition coefficient (Wildman–Crippen LogP) is 0.340. The van der Waals surface area contributed by atoms with Crippen LogP contribution in [0.1, 0.15) is 27.9 Å². The minimum Gasteiger partial charge on any atom is -0.509 e. The highest BCUT2D eigenvalue weighted by molar-refractivity contribution is 6.22. The summed E-state index contributed by atoms with van der Waals surface area (Å²) in [7, 11) is 6.78. The lowest BCUT2D eigenvalue weighted by Crippen LogP contribution is -2.62. The molecule has 39 heavy (non-hydrogen) atoms. The SMILES string of the molecule is CN(C)c1cc(C(=O)N2CC(F)C2)c(O)c2c1C[C@H]1C[C@H]3[C@H](N(C)C)C(=O)C(C(N)=O)=C(O)[C@@]3(O)C(O)=C1C2. The van der Waals surface area contributed by atoms with Gasteiger partial charge in [0.05, 0.1) is 24.7 Å². The van der Waals surface area contributed by atoms with Gasteiger partial charge in [0.25, 0.3) is 11.8 Å². The molecule has 1 heterocycles. The average Bonchev–Trinajstić information content (AvgIpc) is 2.83. The molecule has 210 valence electrons. The van der Waals surface area contributed by atoms with Crippen molar-refractivity contribution in [2.24, 2.45) is 17.6 Å². The van der Waals surface area contributed by atoms with Crippen molar-refractivity contribution >= 4 is 23.3 Å². The molecular weight excluding hydrogens is 511 g/mol. The van der Waals surface area contributed by atoms with Gasteiger partial charge in [0.2, 0.25) is 0 Å². The molecule has 2 amide bonds. The van der Waals surface area contributed by atoms with Crippen molar-refractivity contribution in [3.05, 3.63) is 45.4 Å². The van der Waals surface area contributed by atoms with Crippen molar-refractivity contribution in [2.75, 3.05) is 46.2 Å². The van der Waals surface area contributed by atoms with Crippen molar-refractivity contribution < 1.29 is 39.2 Å². The van der Waals surface area contributed by atoms with Gasteiger partial charge in [0.1, 0.15) is 29.0 Å². The number of aliphatic hydroxyl groups is 3. The van der Waals surface area contributed by atoms with Gasteiger partial charge in [0, 0.05) is 37.7 Å².